The van der Waals surface area contributed by atoms with Crippen LogP contribution in [-0.2, 0) is 15.7 Å². The first-order valence-corrected chi connectivity index (χ1v) is 5.69. The van der Waals surface area contributed by atoms with Gasteiger partial charge in [-0.05, 0) is 11.6 Å². The van der Waals surface area contributed by atoms with Crippen molar-refractivity contribution in [3.05, 3.63) is 35.4 Å². The van der Waals surface area contributed by atoms with Gasteiger partial charge in [0.1, 0.15) is 0 Å². The summed E-state index contributed by atoms with van der Waals surface area (Å²) in [5.41, 5.74) is 1.69. The maximum Gasteiger partial charge on any atom is 0.416 e. The molecule has 1 atom stereocenters. The molecule has 0 aliphatic rings. The highest BCUT2D eigenvalue weighted by molar-refractivity contribution is 5.32. The van der Waals surface area contributed by atoms with Crippen molar-refractivity contribution in [1.29, 1.82) is 0 Å². The molecule has 7 heteroatoms. The second-order valence-corrected chi connectivity index (χ2v) is 3.87. The highest BCUT2D eigenvalue weighted by Crippen LogP contribution is 2.34. The maximum absolute atomic E-state index is 12.9. The van der Waals surface area contributed by atoms with Crippen LogP contribution in [0.2, 0.25) is 0 Å². The van der Waals surface area contributed by atoms with Gasteiger partial charge in [-0.2, -0.15) is 13.2 Å². The summed E-state index contributed by atoms with van der Waals surface area (Å²) in [6.07, 6.45) is -4.42. The van der Waals surface area contributed by atoms with E-state index in [0.29, 0.717) is 13.2 Å². The summed E-state index contributed by atoms with van der Waals surface area (Å²) in [7, 11) is 1.51. The lowest BCUT2D eigenvalue weighted by atomic mass is 10.0. The van der Waals surface area contributed by atoms with E-state index >= 15 is 0 Å². The zero-order chi connectivity index (χ0) is 14.3. The Hall–Kier alpha value is -1.15. The lowest BCUT2D eigenvalue weighted by Crippen LogP contribution is -2.33. The fourth-order valence-electron chi connectivity index (χ4n) is 1.63. The Balaban J connectivity index is 2.80. The fourth-order valence-corrected chi connectivity index (χ4v) is 1.63. The summed E-state index contributed by atoms with van der Waals surface area (Å²) in [5.74, 6) is 5.30. The van der Waals surface area contributed by atoms with Crippen LogP contribution in [0, 0.1) is 0 Å². The number of hydrogen-bond donors (Lipinski definition) is 2. The number of alkyl halides is 3. The van der Waals surface area contributed by atoms with Crippen LogP contribution in [-0.4, -0.2) is 26.9 Å². The number of hydrazine groups is 1. The van der Waals surface area contributed by atoms with Crippen LogP contribution in [0.1, 0.15) is 17.2 Å². The molecule has 0 amide bonds. The van der Waals surface area contributed by atoms with E-state index in [0.717, 1.165) is 6.07 Å². The summed E-state index contributed by atoms with van der Waals surface area (Å²) in [4.78, 5) is 0. The van der Waals surface area contributed by atoms with Gasteiger partial charge in [-0.3, -0.25) is 11.3 Å². The standard InChI is InChI=1S/C12H17F3N2O2/c1-18-6-7-19-8-11(17-16)9-4-2-3-5-10(9)12(13,14)15/h2-5,11,17H,6-8,16H2,1H3. The van der Waals surface area contributed by atoms with Crippen LogP contribution in [0.15, 0.2) is 24.3 Å². The van der Waals surface area contributed by atoms with Gasteiger partial charge in [0.05, 0.1) is 31.4 Å². The molecule has 0 saturated carbocycles. The average Bonchev–Trinajstić information content (AvgIpc) is 2.38. The van der Waals surface area contributed by atoms with Crippen LogP contribution in [0.4, 0.5) is 13.2 Å². The molecular weight excluding hydrogens is 261 g/mol. The molecule has 19 heavy (non-hydrogen) atoms. The number of methoxy groups -OCH3 is 1. The molecule has 0 aliphatic heterocycles. The van der Waals surface area contributed by atoms with Gasteiger partial charge in [0.15, 0.2) is 0 Å². The molecule has 0 saturated heterocycles. The van der Waals surface area contributed by atoms with E-state index < -0.39 is 17.8 Å². The lowest BCUT2D eigenvalue weighted by Gasteiger charge is -2.21. The lowest BCUT2D eigenvalue weighted by molar-refractivity contribution is -0.138. The molecule has 4 nitrogen and oxygen atoms in total. The SMILES string of the molecule is COCCOCC(NN)c1ccccc1C(F)(F)F. The quantitative estimate of drug-likeness (QED) is 0.454. The van der Waals surface area contributed by atoms with Crippen molar-refractivity contribution in [3.8, 4) is 0 Å². The summed E-state index contributed by atoms with van der Waals surface area (Å²) < 4.78 is 48.6. The van der Waals surface area contributed by atoms with E-state index in [1.54, 1.807) is 0 Å². The van der Waals surface area contributed by atoms with E-state index in [1.807, 2.05) is 0 Å². The van der Waals surface area contributed by atoms with Gasteiger partial charge in [-0.15, -0.1) is 0 Å². The number of hydrogen-bond acceptors (Lipinski definition) is 4. The van der Waals surface area contributed by atoms with Crippen LogP contribution >= 0.6 is 0 Å². The Bertz CT molecular complexity index is 385. The van der Waals surface area contributed by atoms with E-state index in [2.05, 4.69) is 5.43 Å². The predicted octanol–water partition coefficient (Wildman–Crippen LogP) is 1.87. The van der Waals surface area contributed by atoms with Gasteiger partial charge in [0, 0.05) is 7.11 Å². The van der Waals surface area contributed by atoms with Gasteiger partial charge >= 0.3 is 6.18 Å². The van der Waals surface area contributed by atoms with Crippen molar-refractivity contribution < 1.29 is 22.6 Å². The van der Waals surface area contributed by atoms with Crippen molar-refractivity contribution in [2.24, 2.45) is 5.84 Å². The Kier molecular flexibility index (Phi) is 6.23. The van der Waals surface area contributed by atoms with Crippen molar-refractivity contribution in [2.45, 2.75) is 12.2 Å². The number of nitrogens with two attached hydrogens (primary N) is 1. The number of ether oxygens (including phenoxy) is 2. The second-order valence-electron chi connectivity index (χ2n) is 3.87. The van der Waals surface area contributed by atoms with Crippen LogP contribution in [0.3, 0.4) is 0 Å². The number of benzene rings is 1. The largest absolute Gasteiger partial charge is 0.416 e. The van der Waals surface area contributed by atoms with Gasteiger partial charge in [-0.1, -0.05) is 18.2 Å². The monoisotopic (exact) mass is 278 g/mol. The number of nitrogens with one attached hydrogen (secondary N) is 1. The summed E-state index contributed by atoms with van der Waals surface area (Å²) in [6, 6.07) is 4.55. The first-order chi connectivity index (χ1) is 9.00. The van der Waals surface area contributed by atoms with Crippen molar-refractivity contribution >= 4 is 0 Å². The number of halogens is 3. The third-order valence-corrected chi connectivity index (χ3v) is 2.56. The minimum absolute atomic E-state index is 0.0347. The zero-order valence-electron chi connectivity index (χ0n) is 10.5. The summed E-state index contributed by atoms with van der Waals surface area (Å²) in [5, 5.41) is 0. The first kappa shape index (κ1) is 15.9. The highest BCUT2D eigenvalue weighted by Gasteiger charge is 2.34. The van der Waals surface area contributed by atoms with Crippen molar-refractivity contribution in [2.75, 3.05) is 26.9 Å². The molecule has 1 unspecified atom stereocenters. The normalized spacial score (nSPS) is 13.5. The number of rotatable bonds is 7. The Morgan fingerprint density at radius 2 is 1.95 bits per heavy atom. The second kappa shape index (κ2) is 7.44. The summed E-state index contributed by atoms with van der Waals surface area (Å²) in [6.45, 7) is 0.702. The van der Waals surface area contributed by atoms with E-state index in [9.17, 15) is 13.2 Å². The third-order valence-electron chi connectivity index (χ3n) is 2.56. The smallest absolute Gasteiger partial charge is 0.382 e. The molecule has 0 aliphatic carbocycles. The first-order valence-electron chi connectivity index (χ1n) is 5.69. The molecule has 1 aromatic rings. The minimum atomic E-state index is -4.42. The molecule has 0 radical (unpaired) electrons. The van der Waals surface area contributed by atoms with E-state index in [4.69, 9.17) is 15.3 Å². The predicted molar refractivity (Wildman–Crippen MR) is 64.2 cm³/mol. The highest BCUT2D eigenvalue weighted by atomic mass is 19.4. The molecule has 0 bridgehead atoms. The van der Waals surface area contributed by atoms with E-state index in [-0.39, 0.29) is 12.2 Å². The van der Waals surface area contributed by atoms with Gasteiger partial charge in [0.2, 0.25) is 0 Å². The van der Waals surface area contributed by atoms with Crippen molar-refractivity contribution in [1.82, 2.24) is 5.43 Å². The van der Waals surface area contributed by atoms with Crippen molar-refractivity contribution in [3.63, 3.8) is 0 Å². The Morgan fingerprint density at radius 1 is 1.26 bits per heavy atom. The maximum atomic E-state index is 12.9. The molecule has 1 rings (SSSR count). The van der Waals surface area contributed by atoms with Crippen LogP contribution < -0.4 is 11.3 Å². The fraction of sp³-hybridized carbons (Fsp3) is 0.500. The van der Waals surface area contributed by atoms with Crippen LogP contribution in [0.25, 0.3) is 0 Å². The zero-order valence-corrected chi connectivity index (χ0v) is 10.5. The molecule has 108 valence electrons. The van der Waals surface area contributed by atoms with E-state index in [1.165, 1.54) is 25.3 Å². The Morgan fingerprint density at radius 3 is 2.53 bits per heavy atom. The molecule has 0 spiro atoms. The molecule has 0 heterocycles. The minimum Gasteiger partial charge on any atom is -0.382 e. The average molecular weight is 278 g/mol. The molecule has 0 aromatic heterocycles. The molecule has 1 aromatic carbocycles. The topological polar surface area (TPSA) is 56.5 Å². The summed E-state index contributed by atoms with van der Waals surface area (Å²) >= 11 is 0. The molecule has 0 fully saturated rings. The molecular formula is C12H17F3N2O2. The van der Waals surface area contributed by atoms with Gasteiger partial charge < -0.3 is 9.47 Å². The van der Waals surface area contributed by atoms with Gasteiger partial charge in [0.25, 0.3) is 0 Å². The molecule has 3 N–H and O–H groups in total. The van der Waals surface area contributed by atoms with Crippen LogP contribution in [0.5, 0.6) is 0 Å². The van der Waals surface area contributed by atoms with Gasteiger partial charge in [-0.25, -0.2) is 0 Å². The Labute approximate surface area is 109 Å². The third kappa shape index (κ3) is 4.79.